The van der Waals surface area contributed by atoms with E-state index in [1.165, 1.54) is 0 Å². The van der Waals surface area contributed by atoms with Crippen LogP contribution in [0.1, 0.15) is 40.5 Å². The Bertz CT molecular complexity index is 242. The van der Waals surface area contributed by atoms with Crippen molar-refractivity contribution in [1.82, 2.24) is 15.5 Å². The Kier molecular flexibility index (Phi) is 5.40. The zero-order valence-corrected chi connectivity index (χ0v) is 11.7. The third kappa shape index (κ3) is 5.50. The SMILES string of the molecule is CCCN(CC(=O)NC(C)(C)C)C1CCNC1. The van der Waals surface area contributed by atoms with Gasteiger partial charge in [-0.2, -0.15) is 0 Å². The highest BCUT2D eigenvalue weighted by Gasteiger charge is 2.24. The van der Waals surface area contributed by atoms with E-state index in [2.05, 4.69) is 22.5 Å². The number of carbonyl (C=O) groups is 1. The van der Waals surface area contributed by atoms with Gasteiger partial charge in [0.05, 0.1) is 6.54 Å². The van der Waals surface area contributed by atoms with Gasteiger partial charge in [0.25, 0.3) is 0 Å². The predicted octanol–water partition coefficient (Wildman–Crippen LogP) is 0.975. The summed E-state index contributed by atoms with van der Waals surface area (Å²) in [6.45, 7) is 11.8. The van der Waals surface area contributed by atoms with Crippen LogP contribution in [0.3, 0.4) is 0 Å². The van der Waals surface area contributed by atoms with E-state index in [-0.39, 0.29) is 11.4 Å². The number of rotatable bonds is 5. The summed E-state index contributed by atoms with van der Waals surface area (Å²) in [6.07, 6.45) is 2.25. The third-order valence-corrected chi connectivity index (χ3v) is 2.92. The lowest BCUT2D eigenvalue weighted by molar-refractivity contribution is -0.124. The van der Waals surface area contributed by atoms with Crippen LogP contribution in [-0.2, 0) is 4.79 Å². The second-order valence-corrected chi connectivity index (χ2v) is 5.92. The zero-order chi connectivity index (χ0) is 12.9. The van der Waals surface area contributed by atoms with Crippen molar-refractivity contribution in [3.63, 3.8) is 0 Å². The topological polar surface area (TPSA) is 44.4 Å². The molecule has 1 saturated heterocycles. The first-order chi connectivity index (χ1) is 7.92. The van der Waals surface area contributed by atoms with Crippen LogP contribution < -0.4 is 10.6 Å². The maximum absolute atomic E-state index is 11.9. The molecule has 1 amide bonds. The van der Waals surface area contributed by atoms with Crippen LogP contribution in [0.4, 0.5) is 0 Å². The summed E-state index contributed by atoms with van der Waals surface area (Å²) in [4.78, 5) is 14.2. The number of nitrogens with zero attached hydrogens (tertiary/aromatic N) is 1. The molecule has 1 fully saturated rings. The van der Waals surface area contributed by atoms with Crippen molar-refractivity contribution in [1.29, 1.82) is 0 Å². The Hall–Kier alpha value is -0.610. The molecule has 1 rings (SSSR count). The fourth-order valence-corrected chi connectivity index (χ4v) is 2.27. The van der Waals surface area contributed by atoms with Crippen LogP contribution in [0.5, 0.6) is 0 Å². The maximum Gasteiger partial charge on any atom is 0.234 e. The van der Waals surface area contributed by atoms with Crippen LogP contribution in [-0.4, -0.2) is 48.6 Å². The number of hydrogen-bond donors (Lipinski definition) is 2. The van der Waals surface area contributed by atoms with E-state index in [0.29, 0.717) is 12.6 Å². The van der Waals surface area contributed by atoms with Crippen LogP contribution >= 0.6 is 0 Å². The minimum Gasteiger partial charge on any atom is -0.350 e. The largest absolute Gasteiger partial charge is 0.350 e. The summed E-state index contributed by atoms with van der Waals surface area (Å²) in [6, 6.07) is 0.528. The Morgan fingerprint density at radius 2 is 2.18 bits per heavy atom. The number of amides is 1. The Morgan fingerprint density at radius 3 is 2.65 bits per heavy atom. The van der Waals surface area contributed by atoms with E-state index in [4.69, 9.17) is 0 Å². The number of nitrogens with one attached hydrogen (secondary N) is 2. The molecule has 1 atom stereocenters. The van der Waals surface area contributed by atoms with Crippen molar-refractivity contribution in [3.8, 4) is 0 Å². The van der Waals surface area contributed by atoms with E-state index in [0.717, 1.165) is 32.5 Å². The normalized spacial score (nSPS) is 20.9. The molecule has 17 heavy (non-hydrogen) atoms. The number of hydrogen-bond acceptors (Lipinski definition) is 3. The summed E-state index contributed by atoms with van der Waals surface area (Å²) in [5.74, 6) is 0.137. The highest BCUT2D eigenvalue weighted by Crippen LogP contribution is 2.09. The molecule has 0 aromatic carbocycles. The quantitative estimate of drug-likeness (QED) is 0.754. The van der Waals surface area contributed by atoms with Crippen molar-refractivity contribution in [2.45, 2.75) is 52.1 Å². The van der Waals surface area contributed by atoms with Crippen LogP contribution in [0.15, 0.2) is 0 Å². The molecule has 0 bridgehead atoms. The van der Waals surface area contributed by atoms with E-state index >= 15 is 0 Å². The fourth-order valence-electron chi connectivity index (χ4n) is 2.27. The molecule has 4 heteroatoms. The average Bonchev–Trinajstić information content (AvgIpc) is 2.66. The Morgan fingerprint density at radius 1 is 1.47 bits per heavy atom. The molecule has 1 aliphatic rings. The molecule has 0 aromatic heterocycles. The maximum atomic E-state index is 11.9. The Labute approximate surface area is 105 Å². The minimum absolute atomic E-state index is 0.136. The summed E-state index contributed by atoms with van der Waals surface area (Å²) in [5, 5.41) is 6.39. The Balaban J connectivity index is 2.45. The van der Waals surface area contributed by atoms with E-state index in [9.17, 15) is 4.79 Å². The number of carbonyl (C=O) groups excluding carboxylic acids is 1. The first kappa shape index (κ1) is 14.5. The van der Waals surface area contributed by atoms with Gasteiger partial charge in [-0.3, -0.25) is 9.69 Å². The van der Waals surface area contributed by atoms with Crippen molar-refractivity contribution in [2.75, 3.05) is 26.2 Å². The van der Waals surface area contributed by atoms with Crippen molar-refractivity contribution >= 4 is 5.91 Å². The van der Waals surface area contributed by atoms with Gasteiger partial charge in [0, 0.05) is 18.1 Å². The standard InChI is InChI=1S/C13H27N3O/c1-5-8-16(11-6-7-14-9-11)10-12(17)15-13(2,3)4/h11,14H,5-10H2,1-4H3,(H,15,17). The molecule has 0 aliphatic carbocycles. The van der Waals surface area contributed by atoms with Crippen LogP contribution in [0, 0.1) is 0 Å². The van der Waals surface area contributed by atoms with Crippen molar-refractivity contribution in [3.05, 3.63) is 0 Å². The van der Waals surface area contributed by atoms with Crippen LogP contribution in [0.25, 0.3) is 0 Å². The van der Waals surface area contributed by atoms with Gasteiger partial charge in [-0.25, -0.2) is 0 Å². The molecule has 0 spiro atoms. The van der Waals surface area contributed by atoms with Crippen molar-refractivity contribution < 1.29 is 4.79 Å². The lowest BCUT2D eigenvalue weighted by Gasteiger charge is -2.29. The molecule has 1 heterocycles. The van der Waals surface area contributed by atoms with Gasteiger partial charge in [-0.15, -0.1) is 0 Å². The smallest absolute Gasteiger partial charge is 0.234 e. The molecule has 100 valence electrons. The van der Waals surface area contributed by atoms with Gasteiger partial charge in [-0.1, -0.05) is 6.92 Å². The highest BCUT2D eigenvalue weighted by molar-refractivity contribution is 5.78. The molecule has 0 aromatic rings. The summed E-state index contributed by atoms with van der Waals surface area (Å²) in [7, 11) is 0. The molecule has 4 nitrogen and oxygen atoms in total. The monoisotopic (exact) mass is 241 g/mol. The lowest BCUT2D eigenvalue weighted by Crippen LogP contribution is -2.49. The summed E-state index contributed by atoms with van der Waals surface area (Å²) < 4.78 is 0. The molecular weight excluding hydrogens is 214 g/mol. The zero-order valence-electron chi connectivity index (χ0n) is 11.7. The molecular formula is C13H27N3O. The third-order valence-electron chi connectivity index (χ3n) is 2.92. The van der Waals surface area contributed by atoms with E-state index < -0.39 is 0 Å². The summed E-state index contributed by atoms with van der Waals surface area (Å²) in [5.41, 5.74) is -0.136. The van der Waals surface area contributed by atoms with Crippen molar-refractivity contribution in [2.24, 2.45) is 0 Å². The molecule has 2 N–H and O–H groups in total. The molecule has 0 saturated carbocycles. The lowest BCUT2D eigenvalue weighted by atomic mass is 10.1. The molecule has 1 unspecified atom stereocenters. The van der Waals surface area contributed by atoms with Crippen LogP contribution in [0.2, 0.25) is 0 Å². The van der Waals surface area contributed by atoms with E-state index in [1.807, 2.05) is 20.8 Å². The first-order valence-corrected chi connectivity index (χ1v) is 6.68. The first-order valence-electron chi connectivity index (χ1n) is 6.68. The fraction of sp³-hybridized carbons (Fsp3) is 0.923. The van der Waals surface area contributed by atoms with Gasteiger partial charge < -0.3 is 10.6 Å². The van der Waals surface area contributed by atoms with Gasteiger partial charge in [0.15, 0.2) is 0 Å². The van der Waals surface area contributed by atoms with Gasteiger partial charge in [0.1, 0.15) is 0 Å². The van der Waals surface area contributed by atoms with Gasteiger partial charge in [-0.05, 0) is 46.7 Å². The minimum atomic E-state index is -0.136. The van der Waals surface area contributed by atoms with Gasteiger partial charge in [0.2, 0.25) is 5.91 Å². The molecule has 1 aliphatic heterocycles. The van der Waals surface area contributed by atoms with E-state index in [1.54, 1.807) is 0 Å². The average molecular weight is 241 g/mol. The van der Waals surface area contributed by atoms with Gasteiger partial charge >= 0.3 is 0 Å². The summed E-state index contributed by atoms with van der Waals surface area (Å²) >= 11 is 0. The second kappa shape index (κ2) is 6.36. The highest BCUT2D eigenvalue weighted by atomic mass is 16.2. The molecule has 0 radical (unpaired) electrons. The second-order valence-electron chi connectivity index (χ2n) is 5.92. The predicted molar refractivity (Wildman–Crippen MR) is 71.0 cm³/mol.